The van der Waals surface area contributed by atoms with Gasteiger partial charge in [0.05, 0.1) is 12.8 Å². The van der Waals surface area contributed by atoms with Gasteiger partial charge in [0.15, 0.2) is 14.5 Å². The predicted molar refractivity (Wildman–Crippen MR) is 101 cm³/mol. The Morgan fingerprint density at radius 2 is 1.92 bits per heavy atom. The molecule has 2 aromatic heterocycles. The molecule has 0 spiro atoms. The van der Waals surface area contributed by atoms with Gasteiger partial charge in [-0.15, -0.1) is 0 Å². The first-order valence-corrected chi connectivity index (χ1v) is 7.97. The number of hydrogen-bond donors (Lipinski definition) is 1. The molecule has 0 unspecified atom stereocenters. The van der Waals surface area contributed by atoms with E-state index in [4.69, 9.17) is 9.47 Å². The highest BCUT2D eigenvalue weighted by molar-refractivity contribution is 6.32. The summed E-state index contributed by atoms with van der Waals surface area (Å²) in [5, 5.41) is 2.70. The van der Waals surface area contributed by atoms with Gasteiger partial charge in [0.25, 0.3) is 5.91 Å². The number of aromatic nitrogens is 3. The molecule has 3 aromatic rings. The number of benzene rings is 1. The minimum absolute atomic E-state index is 0.138. The van der Waals surface area contributed by atoms with Crippen molar-refractivity contribution in [3.63, 3.8) is 0 Å². The summed E-state index contributed by atoms with van der Waals surface area (Å²) in [6.07, 6.45) is 3.06. The van der Waals surface area contributed by atoms with Gasteiger partial charge in [0, 0.05) is 23.4 Å². The van der Waals surface area contributed by atoms with E-state index >= 15 is 0 Å². The Bertz CT molecular complexity index is 920. The zero-order valence-electron chi connectivity index (χ0n) is 14.5. The lowest BCUT2D eigenvalue weighted by Crippen LogP contribution is -2.23. The highest BCUT2D eigenvalue weighted by Gasteiger charge is 2.10. The SMILES string of the molecule is Bc1ncccc1OCC(=O)Nc1cc(-c2ccccc2OC)ncn1. The Hall–Kier alpha value is -3.42. The van der Waals surface area contributed by atoms with Crippen molar-refractivity contribution >= 4 is 25.2 Å². The van der Waals surface area contributed by atoms with E-state index < -0.39 is 0 Å². The molecule has 3 rings (SSSR count). The van der Waals surface area contributed by atoms with Crippen LogP contribution in [-0.4, -0.2) is 42.4 Å². The van der Waals surface area contributed by atoms with Gasteiger partial charge in [-0.3, -0.25) is 9.78 Å². The van der Waals surface area contributed by atoms with E-state index in [-0.39, 0.29) is 12.5 Å². The Kier molecular flexibility index (Phi) is 5.43. The van der Waals surface area contributed by atoms with Crippen LogP contribution < -0.4 is 20.4 Å². The molecule has 0 aliphatic rings. The van der Waals surface area contributed by atoms with Crippen LogP contribution in [0.4, 0.5) is 5.82 Å². The van der Waals surface area contributed by atoms with Crippen LogP contribution in [0, 0.1) is 0 Å². The number of amides is 1. The molecule has 1 aromatic carbocycles. The van der Waals surface area contributed by atoms with E-state index in [1.807, 2.05) is 32.1 Å². The summed E-state index contributed by atoms with van der Waals surface area (Å²) in [4.78, 5) is 24.6. The number of para-hydroxylation sites is 1. The highest BCUT2D eigenvalue weighted by atomic mass is 16.5. The summed E-state index contributed by atoms with van der Waals surface area (Å²) in [7, 11) is 3.41. The molecule has 8 heteroatoms. The maximum atomic E-state index is 12.1. The molecule has 0 saturated heterocycles. The second-order valence-corrected chi connectivity index (χ2v) is 5.41. The number of nitrogens with zero attached hydrogens (tertiary/aromatic N) is 3. The van der Waals surface area contributed by atoms with Crippen LogP contribution in [-0.2, 0) is 4.79 Å². The molecule has 1 N–H and O–H groups in total. The summed E-state index contributed by atoms with van der Waals surface area (Å²) < 4.78 is 10.8. The van der Waals surface area contributed by atoms with Crippen LogP contribution in [0.2, 0.25) is 0 Å². The standard InChI is InChI=1S/C18H17BN4O3/c1-25-14-6-3-2-5-12(14)13-9-16(22-11-21-13)23-17(24)10-26-15-7-4-8-20-18(15)19/h2-9,11H,10,19H2,1H3,(H,21,22,23,24). The maximum absolute atomic E-state index is 12.1. The molecule has 0 radical (unpaired) electrons. The molecule has 130 valence electrons. The monoisotopic (exact) mass is 348 g/mol. The van der Waals surface area contributed by atoms with Crippen LogP contribution in [0.1, 0.15) is 0 Å². The van der Waals surface area contributed by atoms with Crippen LogP contribution in [0.5, 0.6) is 11.5 Å². The smallest absolute Gasteiger partial charge is 0.263 e. The highest BCUT2D eigenvalue weighted by Crippen LogP contribution is 2.28. The van der Waals surface area contributed by atoms with E-state index in [1.165, 1.54) is 6.33 Å². The number of methoxy groups -OCH3 is 1. The lowest BCUT2D eigenvalue weighted by molar-refractivity contribution is -0.118. The second-order valence-electron chi connectivity index (χ2n) is 5.41. The minimum Gasteiger partial charge on any atom is -0.496 e. The fourth-order valence-electron chi connectivity index (χ4n) is 2.37. The van der Waals surface area contributed by atoms with Crippen molar-refractivity contribution in [3.05, 3.63) is 55.0 Å². The average molecular weight is 348 g/mol. The summed E-state index contributed by atoms with van der Waals surface area (Å²) >= 11 is 0. The molecule has 0 fully saturated rings. The number of pyridine rings is 1. The third-order valence-corrected chi connectivity index (χ3v) is 3.63. The summed E-state index contributed by atoms with van der Waals surface area (Å²) in [5.74, 6) is 1.33. The molecule has 2 heterocycles. The summed E-state index contributed by atoms with van der Waals surface area (Å²) in [6.45, 7) is -0.138. The quantitative estimate of drug-likeness (QED) is 0.664. The third-order valence-electron chi connectivity index (χ3n) is 3.63. The third kappa shape index (κ3) is 4.16. The van der Waals surface area contributed by atoms with Crippen LogP contribution in [0.15, 0.2) is 55.0 Å². The lowest BCUT2D eigenvalue weighted by atomic mass is 10.0. The number of hydrogen-bond acceptors (Lipinski definition) is 6. The zero-order chi connectivity index (χ0) is 18.4. The Morgan fingerprint density at radius 1 is 1.12 bits per heavy atom. The van der Waals surface area contributed by atoms with Crippen molar-refractivity contribution in [1.82, 2.24) is 15.0 Å². The second kappa shape index (κ2) is 8.11. The van der Waals surface area contributed by atoms with E-state index in [2.05, 4.69) is 20.3 Å². The number of ether oxygens (including phenoxy) is 2. The van der Waals surface area contributed by atoms with E-state index in [1.54, 1.807) is 31.5 Å². The summed E-state index contributed by atoms with van der Waals surface area (Å²) in [6, 6.07) is 12.7. The molecule has 0 bridgehead atoms. The average Bonchev–Trinajstić information content (AvgIpc) is 2.67. The minimum atomic E-state index is -0.321. The summed E-state index contributed by atoms with van der Waals surface area (Å²) in [5.41, 5.74) is 2.19. The first-order valence-electron chi connectivity index (χ1n) is 7.97. The van der Waals surface area contributed by atoms with Crippen molar-refractivity contribution in [3.8, 4) is 22.8 Å². The number of carbonyl (C=O) groups is 1. The molecule has 0 saturated carbocycles. The Balaban J connectivity index is 1.69. The normalized spacial score (nSPS) is 10.2. The van der Waals surface area contributed by atoms with Crippen molar-refractivity contribution < 1.29 is 14.3 Å². The van der Waals surface area contributed by atoms with Crippen molar-refractivity contribution in [2.24, 2.45) is 0 Å². The number of anilines is 1. The first-order chi connectivity index (χ1) is 12.7. The van der Waals surface area contributed by atoms with Gasteiger partial charge in [-0.05, 0) is 24.3 Å². The van der Waals surface area contributed by atoms with E-state index in [0.717, 1.165) is 11.2 Å². The van der Waals surface area contributed by atoms with E-state index in [9.17, 15) is 4.79 Å². The molecular weight excluding hydrogens is 331 g/mol. The molecule has 0 atom stereocenters. The van der Waals surface area contributed by atoms with Gasteiger partial charge in [-0.25, -0.2) is 9.97 Å². The van der Waals surface area contributed by atoms with Crippen molar-refractivity contribution in [1.29, 1.82) is 0 Å². The number of nitrogens with one attached hydrogen (secondary N) is 1. The number of rotatable bonds is 6. The molecule has 0 aliphatic carbocycles. The molecule has 1 amide bonds. The van der Waals surface area contributed by atoms with Crippen molar-refractivity contribution in [2.75, 3.05) is 19.0 Å². The first kappa shape index (κ1) is 17.4. The molecule has 0 aliphatic heterocycles. The zero-order valence-corrected chi connectivity index (χ0v) is 14.5. The lowest BCUT2D eigenvalue weighted by Gasteiger charge is -2.10. The maximum Gasteiger partial charge on any atom is 0.263 e. The molecular formula is C18H17BN4O3. The van der Waals surface area contributed by atoms with Gasteiger partial charge in [0.2, 0.25) is 0 Å². The van der Waals surface area contributed by atoms with Crippen LogP contribution in [0.25, 0.3) is 11.3 Å². The topological polar surface area (TPSA) is 86.2 Å². The Labute approximate surface area is 151 Å². The van der Waals surface area contributed by atoms with Crippen LogP contribution >= 0.6 is 0 Å². The van der Waals surface area contributed by atoms with Gasteiger partial charge in [-0.1, -0.05) is 12.1 Å². The van der Waals surface area contributed by atoms with Crippen molar-refractivity contribution in [2.45, 2.75) is 0 Å². The number of carbonyl (C=O) groups excluding carboxylic acids is 1. The molecule has 7 nitrogen and oxygen atoms in total. The fraction of sp³-hybridized carbons (Fsp3) is 0.111. The van der Waals surface area contributed by atoms with E-state index in [0.29, 0.717) is 23.0 Å². The van der Waals surface area contributed by atoms with Gasteiger partial charge < -0.3 is 14.8 Å². The predicted octanol–water partition coefficient (Wildman–Crippen LogP) is 0.823. The molecule has 26 heavy (non-hydrogen) atoms. The van der Waals surface area contributed by atoms with Gasteiger partial charge >= 0.3 is 0 Å². The van der Waals surface area contributed by atoms with Gasteiger partial charge in [0.1, 0.15) is 23.6 Å². The van der Waals surface area contributed by atoms with Crippen LogP contribution in [0.3, 0.4) is 0 Å². The Morgan fingerprint density at radius 3 is 2.73 bits per heavy atom. The fourth-order valence-corrected chi connectivity index (χ4v) is 2.37. The van der Waals surface area contributed by atoms with Gasteiger partial charge in [-0.2, -0.15) is 0 Å². The largest absolute Gasteiger partial charge is 0.496 e.